The first-order valence-electron chi connectivity index (χ1n) is 7.05. The smallest absolute Gasteiger partial charge is 0.161 e. The van der Waals surface area contributed by atoms with Gasteiger partial charge in [0.2, 0.25) is 0 Å². The molecule has 1 aliphatic rings. The first-order chi connectivity index (χ1) is 9.19. The van der Waals surface area contributed by atoms with Crippen molar-refractivity contribution in [2.24, 2.45) is 5.92 Å². The van der Waals surface area contributed by atoms with Crippen LogP contribution in [-0.4, -0.2) is 37.2 Å². The summed E-state index contributed by atoms with van der Waals surface area (Å²) in [4.78, 5) is 0. The van der Waals surface area contributed by atoms with Crippen molar-refractivity contribution in [1.29, 1.82) is 0 Å². The van der Waals surface area contributed by atoms with Crippen LogP contribution in [-0.2, 0) is 4.74 Å². The van der Waals surface area contributed by atoms with Gasteiger partial charge in [-0.3, -0.25) is 4.68 Å². The predicted octanol–water partition coefficient (Wildman–Crippen LogP) is 2.16. The van der Waals surface area contributed by atoms with Crippen molar-refractivity contribution in [2.75, 3.05) is 27.4 Å². The first kappa shape index (κ1) is 14.3. The molecule has 5 heteroatoms. The fourth-order valence-electron chi connectivity index (χ4n) is 2.84. The SMILES string of the molecule is CNC(c1c(OC)cnn1C(C)C)C1CCCOC1. The van der Waals surface area contributed by atoms with Gasteiger partial charge in [0, 0.05) is 18.6 Å². The van der Waals surface area contributed by atoms with Gasteiger partial charge in [-0.1, -0.05) is 0 Å². The third-order valence-electron chi connectivity index (χ3n) is 3.78. The number of nitrogens with zero attached hydrogens (tertiary/aromatic N) is 2. The summed E-state index contributed by atoms with van der Waals surface area (Å²) in [5.74, 6) is 1.33. The molecule has 2 rings (SSSR count). The van der Waals surface area contributed by atoms with Crippen molar-refractivity contribution < 1.29 is 9.47 Å². The Labute approximate surface area is 115 Å². The minimum atomic E-state index is 0.222. The molecule has 2 atom stereocenters. The molecule has 0 bridgehead atoms. The maximum Gasteiger partial charge on any atom is 0.161 e. The minimum absolute atomic E-state index is 0.222. The zero-order valence-electron chi connectivity index (χ0n) is 12.3. The molecular weight excluding hydrogens is 242 g/mol. The number of ether oxygens (including phenoxy) is 2. The molecule has 0 radical (unpaired) electrons. The summed E-state index contributed by atoms with van der Waals surface area (Å²) in [5, 5.41) is 7.88. The number of nitrogens with one attached hydrogen (secondary N) is 1. The molecule has 1 aromatic rings. The summed E-state index contributed by atoms with van der Waals surface area (Å²) < 4.78 is 13.2. The zero-order chi connectivity index (χ0) is 13.8. The molecule has 2 unspecified atom stereocenters. The van der Waals surface area contributed by atoms with Gasteiger partial charge in [-0.05, 0) is 33.7 Å². The van der Waals surface area contributed by atoms with Crippen LogP contribution in [0.2, 0.25) is 0 Å². The Morgan fingerprint density at radius 3 is 2.84 bits per heavy atom. The van der Waals surface area contributed by atoms with Gasteiger partial charge < -0.3 is 14.8 Å². The summed E-state index contributed by atoms with van der Waals surface area (Å²) in [6.07, 6.45) is 4.11. The molecule has 0 aliphatic carbocycles. The molecule has 0 amide bonds. The highest BCUT2D eigenvalue weighted by Gasteiger charge is 2.30. The minimum Gasteiger partial charge on any atom is -0.493 e. The fourth-order valence-corrected chi connectivity index (χ4v) is 2.84. The van der Waals surface area contributed by atoms with E-state index in [1.54, 1.807) is 7.11 Å². The second-order valence-corrected chi connectivity index (χ2v) is 5.38. The maximum absolute atomic E-state index is 5.63. The van der Waals surface area contributed by atoms with Crippen molar-refractivity contribution in [3.8, 4) is 5.75 Å². The standard InChI is InChI=1S/C14H25N3O2/c1-10(2)17-14(12(18-4)8-16-17)13(15-3)11-6-5-7-19-9-11/h8,10-11,13,15H,5-7,9H2,1-4H3. The number of hydrogen-bond donors (Lipinski definition) is 1. The average Bonchev–Trinajstić information content (AvgIpc) is 2.85. The Morgan fingerprint density at radius 1 is 1.53 bits per heavy atom. The lowest BCUT2D eigenvalue weighted by Gasteiger charge is -2.31. The van der Waals surface area contributed by atoms with Gasteiger partial charge in [0.05, 0.1) is 31.6 Å². The zero-order valence-corrected chi connectivity index (χ0v) is 12.3. The molecule has 0 spiro atoms. The molecule has 1 aliphatic heterocycles. The molecule has 19 heavy (non-hydrogen) atoms. The highest BCUT2D eigenvalue weighted by Crippen LogP contribution is 2.35. The largest absolute Gasteiger partial charge is 0.493 e. The van der Waals surface area contributed by atoms with Crippen LogP contribution in [0.15, 0.2) is 6.20 Å². The van der Waals surface area contributed by atoms with Gasteiger partial charge in [-0.25, -0.2) is 0 Å². The van der Waals surface area contributed by atoms with Crippen LogP contribution in [0.25, 0.3) is 0 Å². The third-order valence-corrected chi connectivity index (χ3v) is 3.78. The van der Waals surface area contributed by atoms with Gasteiger partial charge in [-0.15, -0.1) is 0 Å². The van der Waals surface area contributed by atoms with Crippen LogP contribution in [0, 0.1) is 5.92 Å². The van der Waals surface area contributed by atoms with Crippen molar-refractivity contribution in [2.45, 2.75) is 38.8 Å². The van der Waals surface area contributed by atoms with Gasteiger partial charge in [0.25, 0.3) is 0 Å². The molecule has 1 fully saturated rings. The van der Waals surface area contributed by atoms with Gasteiger partial charge in [0.1, 0.15) is 0 Å². The van der Waals surface area contributed by atoms with Gasteiger partial charge >= 0.3 is 0 Å². The molecule has 5 nitrogen and oxygen atoms in total. The number of rotatable bonds is 5. The number of hydrogen-bond acceptors (Lipinski definition) is 4. The monoisotopic (exact) mass is 267 g/mol. The van der Waals surface area contributed by atoms with Gasteiger partial charge in [-0.2, -0.15) is 5.10 Å². The van der Waals surface area contributed by atoms with Gasteiger partial charge in [0.15, 0.2) is 5.75 Å². The molecule has 1 aromatic heterocycles. The quantitative estimate of drug-likeness (QED) is 0.888. The van der Waals surface area contributed by atoms with Crippen LogP contribution in [0.1, 0.15) is 44.5 Å². The fraction of sp³-hybridized carbons (Fsp3) is 0.786. The normalized spacial score (nSPS) is 21.6. The molecule has 0 aromatic carbocycles. The summed E-state index contributed by atoms with van der Waals surface area (Å²) in [7, 11) is 3.70. The third kappa shape index (κ3) is 2.92. The highest BCUT2D eigenvalue weighted by atomic mass is 16.5. The van der Waals surface area contributed by atoms with E-state index in [0.717, 1.165) is 31.1 Å². The van der Waals surface area contributed by atoms with Crippen molar-refractivity contribution in [3.05, 3.63) is 11.9 Å². The van der Waals surface area contributed by atoms with E-state index in [-0.39, 0.29) is 6.04 Å². The molecule has 1 saturated heterocycles. The first-order valence-corrected chi connectivity index (χ1v) is 7.05. The highest BCUT2D eigenvalue weighted by molar-refractivity contribution is 5.29. The molecule has 108 valence electrons. The Hall–Kier alpha value is -1.07. The van der Waals surface area contributed by atoms with Crippen LogP contribution < -0.4 is 10.1 Å². The molecule has 1 N–H and O–H groups in total. The van der Waals surface area contributed by atoms with Crippen LogP contribution in [0.5, 0.6) is 5.75 Å². The Balaban J connectivity index is 2.32. The van der Waals surface area contributed by atoms with E-state index >= 15 is 0 Å². The van der Waals surface area contributed by atoms with Crippen molar-refractivity contribution >= 4 is 0 Å². The van der Waals surface area contributed by atoms with Crippen molar-refractivity contribution in [3.63, 3.8) is 0 Å². The molecule has 2 heterocycles. The molecular formula is C14H25N3O2. The number of aromatic nitrogens is 2. The molecule has 0 saturated carbocycles. The lowest BCUT2D eigenvalue weighted by Crippen LogP contribution is -2.33. The van der Waals surface area contributed by atoms with E-state index in [1.807, 2.05) is 13.2 Å². The summed E-state index contributed by atoms with van der Waals surface area (Å²) in [6, 6.07) is 0.541. The van der Waals surface area contributed by atoms with E-state index in [9.17, 15) is 0 Å². The predicted molar refractivity (Wildman–Crippen MR) is 74.5 cm³/mol. The summed E-state index contributed by atoms with van der Waals surface area (Å²) in [5.41, 5.74) is 1.13. The van der Waals surface area contributed by atoms with Crippen LogP contribution in [0.4, 0.5) is 0 Å². The van der Waals surface area contributed by atoms with E-state index in [1.165, 1.54) is 6.42 Å². The Kier molecular flexibility index (Phi) is 4.82. The lowest BCUT2D eigenvalue weighted by atomic mass is 9.91. The topological polar surface area (TPSA) is 48.3 Å². The summed E-state index contributed by atoms with van der Waals surface area (Å²) in [6.45, 7) is 5.96. The maximum atomic E-state index is 5.63. The van der Waals surface area contributed by atoms with E-state index in [2.05, 4.69) is 28.9 Å². The van der Waals surface area contributed by atoms with E-state index in [4.69, 9.17) is 9.47 Å². The second-order valence-electron chi connectivity index (χ2n) is 5.38. The van der Waals surface area contributed by atoms with E-state index < -0.39 is 0 Å². The lowest BCUT2D eigenvalue weighted by molar-refractivity contribution is 0.0383. The van der Waals surface area contributed by atoms with Crippen LogP contribution >= 0.6 is 0 Å². The van der Waals surface area contributed by atoms with E-state index in [0.29, 0.717) is 12.0 Å². The van der Waals surface area contributed by atoms with Crippen molar-refractivity contribution in [1.82, 2.24) is 15.1 Å². The second kappa shape index (κ2) is 6.39. The summed E-state index contributed by atoms with van der Waals surface area (Å²) >= 11 is 0. The van der Waals surface area contributed by atoms with Crippen LogP contribution in [0.3, 0.4) is 0 Å². The average molecular weight is 267 g/mol. The Bertz CT molecular complexity index is 397. The number of methoxy groups -OCH3 is 1. The Morgan fingerprint density at radius 2 is 2.32 bits per heavy atom.